The molecule has 0 saturated carbocycles. The summed E-state index contributed by atoms with van der Waals surface area (Å²) in [6, 6.07) is 44.2. The van der Waals surface area contributed by atoms with Crippen molar-refractivity contribution in [3.8, 4) is 11.5 Å². The van der Waals surface area contributed by atoms with E-state index < -0.39 is 7.26 Å². The van der Waals surface area contributed by atoms with Gasteiger partial charge in [0.05, 0.1) is 25.1 Å². The van der Waals surface area contributed by atoms with Crippen LogP contribution in [-0.2, 0) is 26.6 Å². The van der Waals surface area contributed by atoms with Crippen molar-refractivity contribution in [1.29, 1.82) is 0 Å². The van der Waals surface area contributed by atoms with Gasteiger partial charge in [0.25, 0.3) is 0 Å². The Hall–Kier alpha value is -3.55. The first kappa shape index (κ1) is 51.5. The summed E-state index contributed by atoms with van der Waals surface area (Å²) in [6.45, 7) is 27.9. The maximum Gasteiger partial charge on any atom is 0.119 e. The van der Waals surface area contributed by atoms with Crippen LogP contribution >= 0.6 is 7.26 Å². The summed E-state index contributed by atoms with van der Waals surface area (Å²) in [5.41, 5.74) is 6.77. The molecule has 5 aromatic rings. The third-order valence-corrected chi connectivity index (χ3v) is 14.3. The third-order valence-electron chi connectivity index (χ3n) is 9.75. The van der Waals surface area contributed by atoms with E-state index in [0.717, 1.165) is 49.1 Å². The molecule has 0 spiro atoms. The molecular formula is C52H70NiO3P-3. The molecule has 314 valence electrons. The van der Waals surface area contributed by atoms with Crippen LogP contribution in [0.5, 0.6) is 11.5 Å². The van der Waals surface area contributed by atoms with Crippen LogP contribution < -0.4 is 25.4 Å². The second-order valence-electron chi connectivity index (χ2n) is 16.3. The normalized spacial score (nSPS) is 11.2. The van der Waals surface area contributed by atoms with Crippen molar-refractivity contribution in [2.75, 3.05) is 32.6 Å². The molecule has 5 aromatic carbocycles. The summed E-state index contributed by atoms with van der Waals surface area (Å²) in [4.78, 5) is 0. The second kappa shape index (κ2) is 24.4. The van der Waals surface area contributed by atoms with Crippen molar-refractivity contribution in [2.24, 2.45) is 5.41 Å². The van der Waals surface area contributed by atoms with E-state index in [1.165, 1.54) is 38.2 Å². The van der Waals surface area contributed by atoms with Gasteiger partial charge in [0.2, 0.25) is 0 Å². The van der Waals surface area contributed by atoms with E-state index in [1.807, 2.05) is 36.4 Å². The molecule has 0 aromatic heterocycles. The van der Waals surface area contributed by atoms with E-state index in [-0.39, 0.29) is 36.8 Å². The quantitative estimate of drug-likeness (QED) is 0.0429. The van der Waals surface area contributed by atoms with Gasteiger partial charge >= 0.3 is 0 Å². The first-order chi connectivity index (χ1) is 25.7. The van der Waals surface area contributed by atoms with E-state index in [1.54, 1.807) is 0 Å². The van der Waals surface area contributed by atoms with E-state index in [4.69, 9.17) is 14.2 Å². The predicted molar refractivity (Wildman–Crippen MR) is 248 cm³/mol. The van der Waals surface area contributed by atoms with Gasteiger partial charge in [0, 0.05) is 16.5 Å². The number of hydrogen-bond acceptors (Lipinski definition) is 3. The predicted octanol–water partition coefficient (Wildman–Crippen LogP) is 12.5. The molecule has 0 N–H and O–H groups in total. The summed E-state index contributed by atoms with van der Waals surface area (Å²) >= 11 is 0. The number of ether oxygens (including phenoxy) is 3. The van der Waals surface area contributed by atoms with E-state index in [9.17, 15) is 0 Å². The number of aryl methyl sites for hydroxylation is 3. The number of benzene rings is 5. The summed E-state index contributed by atoms with van der Waals surface area (Å²) in [5, 5.41) is 4.37. The molecule has 5 heteroatoms. The Morgan fingerprint density at radius 1 is 0.526 bits per heavy atom. The SMILES string of the molecule is [CH2-]COCCOc1ccc(C(C)(C)CC(C)(C)C)cc1.[CH2-]c1ccc(OCCCC[P+](c2ccc(C)cc2)(c2ccc(C)cc2)c2ccc(C)cc2)cc1.[CH3-].[CH3-].[Ni]. The molecule has 0 atom stereocenters. The van der Waals surface area contributed by atoms with Crippen LogP contribution in [0.1, 0.15) is 81.7 Å². The molecule has 0 saturated heterocycles. The smallest absolute Gasteiger partial charge is 0.119 e. The van der Waals surface area contributed by atoms with Crippen LogP contribution in [-0.4, -0.2) is 32.6 Å². The molecule has 0 aliphatic heterocycles. The van der Waals surface area contributed by atoms with Gasteiger partial charge in [-0.1, -0.05) is 119 Å². The van der Waals surface area contributed by atoms with Crippen LogP contribution in [0.15, 0.2) is 121 Å². The minimum Gasteiger partial charge on any atom is -0.496 e. The van der Waals surface area contributed by atoms with E-state index in [0.29, 0.717) is 25.2 Å². The van der Waals surface area contributed by atoms with Gasteiger partial charge in [-0.15, -0.1) is 0 Å². The van der Waals surface area contributed by atoms with Crippen LogP contribution in [0.3, 0.4) is 0 Å². The van der Waals surface area contributed by atoms with E-state index >= 15 is 0 Å². The van der Waals surface area contributed by atoms with Crippen molar-refractivity contribution in [3.63, 3.8) is 0 Å². The van der Waals surface area contributed by atoms with Gasteiger partial charge in [-0.2, -0.15) is 24.6 Å². The van der Waals surface area contributed by atoms with Gasteiger partial charge in [-0.05, 0) is 105 Å². The largest absolute Gasteiger partial charge is 0.496 e. The van der Waals surface area contributed by atoms with E-state index in [2.05, 4.69) is 154 Å². The first-order valence-electron chi connectivity index (χ1n) is 19.5. The molecule has 3 nitrogen and oxygen atoms in total. The molecule has 0 radical (unpaired) electrons. The number of hydrogen-bond donors (Lipinski definition) is 0. The average Bonchev–Trinajstić information content (AvgIpc) is 3.13. The van der Waals surface area contributed by atoms with Gasteiger partial charge in [-0.25, -0.2) is 0 Å². The van der Waals surface area contributed by atoms with Gasteiger partial charge in [0.1, 0.15) is 35.5 Å². The molecule has 0 unspecified atom stereocenters. The molecule has 57 heavy (non-hydrogen) atoms. The second-order valence-corrected chi connectivity index (χ2v) is 20.0. The zero-order valence-corrected chi connectivity index (χ0v) is 38.5. The topological polar surface area (TPSA) is 27.7 Å². The fraction of sp³-hybridized carbons (Fsp3) is 0.346. The Bertz CT molecular complexity index is 1700. The Balaban J connectivity index is 0.000000613. The molecule has 0 heterocycles. The Labute approximate surface area is 359 Å². The summed E-state index contributed by atoms with van der Waals surface area (Å²) in [6.07, 6.45) is 4.41. The van der Waals surface area contributed by atoms with Crippen molar-refractivity contribution in [2.45, 2.75) is 80.1 Å². The molecule has 0 fully saturated rings. The van der Waals surface area contributed by atoms with Crippen LogP contribution in [0.4, 0.5) is 0 Å². The maximum absolute atomic E-state index is 6.02. The van der Waals surface area contributed by atoms with Gasteiger partial charge in [-0.3, -0.25) is 0 Å². The monoisotopic (exact) mass is 831 g/mol. The Morgan fingerprint density at radius 2 is 0.930 bits per heavy atom. The van der Waals surface area contributed by atoms with Crippen LogP contribution in [0.25, 0.3) is 0 Å². The first-order valence-corrected chi connectivity index (χ1v) is 21.4. The summed E-state index contributed by atoms with van der Waals surface area (Å²) in [7, 11) is -1.80. The molecule has 0 amide bonds. The van der Waals surface area contributed by atoms with Gasteiger partial charge < -0.3 is 36.0 Å². The number of rotatable bonds is 16. The molecule has 5 rings (SSSR count). The minimum absolute atomic E-state index is 0. The van der Waals surface area contributed by atoms with Gasteiger partial charge in [0.15, 0.2) is 0 Å². The summed E-state index contributed by atoms with van der Waals surface area (Å²) < 4.78 is 16.8. The standard InChI is InChI=1S/C32H35OP.C18H29O2.2CH3.Ni/c1-25-7-15-29(16-8-25)33-23-5-6-24-34(30-17-9-26(2)10-18-30,31-19-11-27(3)12-20-31)32-21-13-28(4)14-22-32;1-7-19-12-13-20-16-10-8-15(9-11-16)18(5,6)14-17(2,3)4;;;/h7-22H,1,5-6,23-24H2,2-4H3;8-11H,1,7,12-14H2,2-6H3;2*1H3;/q;3*-1;. The molecule has 0 aliphatic carbocycles. The molecule has 0 aliphatic rings. The Morgan fingerprint density at radius 3 is 1.33 bits per heavy atom. The average molecular weight is 833 g/mol. The van der Waals surface area contributed by atoms with Crippen molar-refractivity contribution in [1.82, 2.24) is 0 Å². The minimum atomic E-state index is -1.80. The Kier molecular flexibility index (Phi) is 22.0. The summed E-state index contributed by atoms with van der Waals surface area (Å²) in [5.74, 6) is 1.82. The fourth-order valence-electron chi connectivity index (χ4n) is 7.21. The zero-order chi connectivity index (χ0) is 39.2. The van der Waals surface area contributed by atoms with Crippen molar-refractivity contribution < 1.29 is 30.7 Å². The van der Waals surface area contributed by atoms with Crippen molar-refractivity contribution in [3.05, 3.63) is 178 Å². The third kappa shape index (κ3) is 16.0. The maximum atomic E-state index is 6.02. The van der Waals surface area contributed by atoms with Crippen LogP contribution in [0, 0.1) is 54.9 Å². The van der Waals surface area contributed by atoms with Crippen molar-refractivity contribution >= 4 is 23.2 Å². The molecular weight excluding hydrogens is 762 g/mol. The fourth-order valence-corrected chi connectivity index (χ4v) is 11.6. The molecule has 0 bridgehead atoms. The zero-order valence-electron chi connectivity index (χ0n) is 36.6. The number of unbranched alkanes of at least 4 members (excludes halogenated alkanes) is 1. The van der Waals surface area contributed by atoms with Crippen LogP contribution in [0.2, 0.25) is 0 Å².